The minimum Gasteiger partial charge on any atom is -0.347 e. The van der Waals surface area contributed by atoms with E-state index in [0.717, 1.165) is 35.0 Å². The second kappa shape index (κ2) is 9.13. The first-order valence-electron chi connectivity index (χ1n) is 11.6. The molecule has 2 aromatic heterocycles. The molecule has 5 rings (SSSR count). The zero-order chi connectivity index (χ0) is 24.7. The molecule has 1 aliphatic rings. The molecule has 1 saturated carbocycles. The van der Waals surface area contributed by atoms with Crippen LogP contribution in [-0.2, 0) is 11.8 Å². The van der Waals surface area contributed by atoms with E-state index in [1.54, 1.807) is 31.1 Å². The van der Waals surface area contributed by atoms with E-state index in [2.05, 4.69) is 15.6 Å². The number of rotatable bonds is 5. The summed E-state index contributed by atoms with van der Waals surface area (Å²) < 4.78 is 2.91. The molecule has 2 heterocycles. The standard InChI is InChI=1S/C25H27ClN6O2S/c1-31(2)22(34)25(11-5-4-6-12-25)30-21(33)15-7-10-19-18(13-15)27-23(32(19)3)29-24-28-17-9-8-16(26)14-20(17)35-24/h7-10,13-14H,4-6,11-12H2,1-3H3,(H,30,33)(H,27,28,29). The lowest BCUT2D eigenvalue weighted by atomic mass is 9.80. The molecule has 1 aliphatic carbocycles. The van der Waals surface area contributed by atoms with Gasteiger partial charge in [0.2, 0.25) is 11.9 Å². The van der Waals surface area contributed by atoms with E-state index in [1.165, 1.54) is 11.3 Å². The van der Waals surface area contributed by atoms with E-state index in [-0.39, 0.29) is 11.8 Å². The molecule has 1 fully saturated rings. The highest BCUT2D eigenvalue weighted by atomic mass is 35.5. The number of nitrogens with one attached hydrogen (secondary N) is 2. The molecule has 182 valence electrons. The Bertz CT molecular complexity index is 1440. The van der Waals surface area contributed by atoms with E-state index < -0.39 is 5.54 Å². The van der Waals surface area contributed by atoms with E-state index in [1.807, 2.05) is 35.9 Å². The number of thiazole rings is 1. The van der Waals surface area contributed by atoms with Crippen molar-refractivity contribution >= 4 is 67.1 Å². The van der Waals surface area contributed by atoms with Gasteiger partial charge in [0.1, 0.15) is 5.54 Å². The zero-order valence-electron chi connectivity index (χ0n) is 19.9. The van der Waals surface area contributed by atoms with Crippen molar-refractivity contribution in [2.75, 3.05) is 19.4 Å². The summed E-state index contributed by atoms with van der Waals surface area (Å²) in [5, 5.41) is 7.74. The lowest BCUT2D eigenvalue weighted by Gasteiger charge is -2.38. The maximum atomic E-state index is 13.2. The Balaban J connectivity index is 1.41. The quantitative estimate of drug-likeness (QED) is 0.389. The highest BCUT2D eigenvalue weighted by Crippen LogP contribution is 2.32. The van der Waals surface area contributed by atoms with Gasteiger partial charge < -0.3 is 20.1 Å². The van der Waals surface area contributed by atoms with Gasteiger partial charge in [-0.1, -0.05) is 42.2 Å². The van der Waals surface area contributed by atoms with Gasteiger partial charge in [-0.25, -0.2) is 9.97 Å². The van der Waals surface area contributed by atoms with Gasteiger partial charge in [0.25, 0.3) is 5.91 Å². The largest absolute Gasteiger partial charge is 0.347 e. The smallest absolute Gasteiger partial charge is 0.252 e. The number of hydrogen-bond acceptors (Lipinski definition) is 6. The van der Waals surface area contributed by atoms with Crippen molar-refractivity contribution in [1.82, 2.24) is 24.8 Å². The number of nitrogens with zero attached hydrogens (tertiary/aromatic N) is 4. The number of benzene rings is 2. The molecule has 0 unspecified atom stereocenters. The molecule has 0 atom stereocenters. The average molecular weight is 511 g/mol. The van der Waals surface area contributed by atoms with Gasteiger partial charge in [-0.05, 0) is 49.2 Å². The Labute approximate surface area is 212 Å². The summed E-state index contributed by atoms with van der Waals surface area (Å²) in [4.78, 5) is 37.1. The van der Waals surface area contributed by atoms with Crippen LogP contribution < -0.4 is 10.6 Å². The molecule has 8 nitrogen and oxygen atoms in total. The Morgan fingerprint density at radius 1 is 1.06 bits per heavy atom. The second-order valence-corrected chi connectivity index (χ2v) is 10.7. The third kappa shape index (κ3) is 4.46. The molecule has 0 saturated heterocycles. The highest BCUT2D eigenvalue weighted by molar-refractivity contribution is 7.22. The predicted molar refractivity (Wildman–Crippen MR) is 141 cm³/mol. The summed E-state index contributed by atoms with van der Waals surface area (Å²) in [5.41, 5.74) is 2.06. The van der Waals surface area contributed by atoms with Crippen LogP contribution in [0.1, 0.15) is 42.5 Å². The van der Waals surface area contributed by atoms with Crippen molar-refractivity contribution in [1.29, 1.82) is 0 Å². The molecule has 0 bridgehead atoms. The predicted octanol–water partition coefficient (Wildman–Crippen LogP) is 5.10. The van der Waals surface area contributed by atoms with Gasteiger partial charge in [-0.15, -0.1) is 0 Å². The van der Waals surface area contributed by atoms with E-state index >= 15 is 0 Å². The molecular formula is C25H27ClN6O2S. The number of carbonyl (C=O) groups excluding carboxylic acids is 2. The fourth-order valence-corrected chi connectivity index (χ4v) is 5.90. The summed E-state index contributed by atoms with van der Waals surface area (Å²) >= 11 is 7.60. The second-order valence-electron chi connectivity index (χ2n) is 9.25. The van der Waals surface area contributed by atoms with Crippen molar-refractivity contribution < 1.29 is 9.59 Å². The van der Waals surface area contributed by atoms with Crippen LogP contribution in [0.15, 0.2) is 36.4 Å². The number of fused-ring (bicyclic) bond motifs is 2. The number of hydrogen-bond donors (Lipinski definition) is 2. The molecule has 2 N–H and O–H groups in total. The first-order valence-corrected chi connectivity index (χ1v) is 12.8. The van der Waals surface area contributed by atoms with Crippen molar-refractivity contribution in [3.05, 3.63) is 47.0 Å². The molecule has 10 heteroatoms. The van der Waals surface area contributed by atoms with Crippen LogP contribution in [0.25, 0.3) is 21.3 Å². The van der Waals surface area contributed by atoms with Crippen LogP contribution >= 0.6 is 22.9 Å². The summed E-state index contributed by atoms with van der Waals surface area (Å²) in [6, 6.07) is 11.0. The summed E-state index contributed by atoms with van der Waals surface area (Å²) in [6.45, 7) is 0. The van der Waals surface area contributed by atoms with E-state index in [4.69, 9.17) is 16.6 Å². The highest BCUT2D eigenvalue weighted by Gasteiger charge is 2.42. The van der Waals surface area contributed by atoms with Gasteiger partial charge in [0.15, 0.2) is 5.13 Å². The summed E-state index contributed by atoms with van der Waals surface area (Å²) in [6.07, 6.45) is 4.24. The van der Waals surface area contributed by atoms with Crippen LogP contribution in [0.4, 0.5) is 11.1 Å². The topological polar surface area (TPSA) is 92.2 Å². The maximum absolute atomic E-state index is 13.2. The van der Waals surface area contributed by atoms with Gasteiger partial charge in [0.05, 0.1) is 21.3 Å². The Kier molecular flexibility index (Phi) is 6.14. The van der Waals surface area contributed by atoms with Gasteiger partial charge >= 0.3 is 0 Å². The fraction of sp³-hybridized carbons (Fsp3) is 0.360. The molecule has 0 aliphatic heterocycles. The Hall–Kier alpha value is -3.17. The van der Waals surface area contributed by atoms with Crippen molar-refractivity contribution in [2.24, 2.45) is 7.05 Å². The summed E-state index contributed by atoms with van der Waals surface area (Å²) in [7, 11) is 5.38. The SMILES string of the molecule is CN(C)C(=O)C1(NC(=O)c2ccc3c(c2)nc(Nc2nc4ccc(Cl)cc4s2)n3C)CCCCC1. The third-order valence-corrected chi connectivity index (χ3v) is 7.76. The van der Waals surface area contributed by atoms with Crippen molar-refractivity contribution in [3.63, 3.8) is 0 Å². The van der Waals surface area contributed by atoms with Crippen LogP contribution in [-0.4, -0.2) is 50.9 Å². The average Bonchev–Trinajstić information content (AvgIpc) is 3.38. The molecule has 35 heavy (non-hydrogen) atoms. The molecule has 0 radical (unpaired) electrons. The minimum atomic E-state index is -0.847. The molecule has 0 spiro atoms. The number of aryl methyl sites for hydroxylation is 1. The van der Waals surface area contributed by atoms with E-state index in [9.17, 15) is 9.59 Å². The first-order chi connectivity index (χ1) is 16.8. The monoisotopic (exact) mass is 510 g/mol. The van der Waals surface area contributed by atoms with Gasteiger partial charge in [-0.3, -0.25) is 9.59 Å². The molecule has 4 aromatic rings. The molecule has 2 aromatic carbocycles. The number of anilines is 2. The molecular weight excluding hydrogens is 484 g/mol. The Morgan fingerprint density at radius 2 is 1.83 bits per heavy atom. The van der Waals surface area contributed by atoms with Crippen molar-refractivity contribution in [3.8, 4) is 0 Å². The first kappa shape index (κ1) is 23.6. The lowest BCUT2D eigenvalue weighted by Crippen LogP contribution is -2.59. The number of amides is 2. The van der Waals surface area contributed by atoms with Gasteiger partial charge in [-0.2, -0.15) is 0 Å². The number of imidazole rings is 1. The molecule has 2 amide bonds. The van der Waals surface area contributed by atoms with Crippen LogP contribution in [0, 0.1) is 0 Å². The van der Waals surface area contributed by atoms with Crippen LogP contribution in [0.5, 0.6) is 0 Å². The minimum absolute atomic E-state index is 0.0481. The number of aromatic nitrogens is 3. The zero-order valence-corrected chi connectivity index (χ0v) is 21.5. The third-order valence-electron chi connectivity index (χ3n) is 6.59. The van der Waals surface area contributed by atoms with Crippen LogP contribution in [0.3, 0.4) is 0 Å². The van der Waals surface area contributed by atoms with Crippen molar-refractivity contribution in [2.45, 2.75) is 37.6 Å². The van der Waals surface area contributed by atoms with Gasteiger partial charge in [0, 0.05) is 31.7 Å². The van der Waals surface area contributed by atoms with E-state index in [0.29, 0.717) is 40.0 Å². The summed E-state index contributed by atoms with van der Waals surface area (Å²) in [5.74, 6) is 0.314. The lowest BCUT2D eigenvalue weighted by molar-refractivity contribution is -0.136. The number of carbonyl (C=O) groups is 2. The maximum Gasteiger partial charge on any atom is 0.252 e. The Morgan fingerprint density at radius 3 is 2.57 bits per heavy atom. The fourth-order valence-electron chi connectivity index (χ4n) is 4.77. The normalized spacial score (nSPS) is 15.3. The number of likely N-dealkylation sites (N-methyl/N-ethyl adjacent to an activating group) is 1. The van der Waals surface area contributed by atoms with Crippen LogP contribution in [0.2, 0.25) is 5.02 Å². The number of halogens is 1.